The first-order valence-electron chi connectivity index (χ1n) is 5.75. The Morgan fingerprint density at radius 3 is 2.95 bits per heavy atom. The molecule has 20 heavy (non-hydrogen) atoms. The smallest absolute Gasteiger partial charge is 0.281 e. The zero-order valence-electron chi connectivity index (χ0n) is 10.8. The van der Waals surface area contributed by atoms with Crippen LogP contribution >= 0.6 is 0 Å². The van der Waals surface area contributed by atoms with E-state index in [2.05, 4.69) is 30.3 Å². The fraction of sp³-hybridized carbons (Fsp3) is 0.182. The van der Waals surface area contributed by atoms with Crippen LogP contribution in [0.15, 0.2) is 16.9 Å². The number of nitrogens with two attached hydrogens (primary N) is 1. The van der Waals surface area contributed by atoms with Gasteiger partial charge >= 0.3 is 0 Å². The minimum absolute atomic E-state index is 0.0610. The van der Waals surface area contributed by atoms with Gasteiger partial charge in [-0.3, -0.25) is 9.48 Å². The average molecular weight is 273 g/mol. The number of rotatable bonds is 2. The van der Waals surface area contributed by atoms with Crippen molar-refractivity contribution in [2.75, 3.05) is 11.1 Å². The van der Waals surface area contributed by atoms with E-state index in [0.29, 0.717) is 5.69 Å². The highest BCUT2D eigenvalue weighted by Gasteiger charge is 2.17. The van der Waals surface area contributed by atoms with Gasteiger partial charge in [-0.25, -0.2) is 9.61 Å². The molecule has 0 atom stereocenters. The first-order valence-corrected chi connectivity index (χ1v) is 5.75. The lowest BCUT2D eigenvalue weighted by Crippen LogP contribution is -2.14. The van der Waals surface area contributed by atoms with Crippen molar-refractivity contribution in [2.45, 2.75) is 6.92 Å². The maximum absolute atomic E-state index is 11.9. The second kappa shape index (κ2) is 4.30. The zero-order chi connectivity index (χ0) is 14.3. The molecule has 0 unspecified atom stereocenters. The summed E-state index contributed by atoms with van der Waals surface area (Å²) >= 11 is 0. The van der Waals surface area contributed by atoms with E-state index >= 15 is 0 Å². The second-order valence-electron chi connectivity index (χ2n) is 4.26. The lowest BCUT2D eigenvalue weighted by atomic mass is 10.2. The fourth-order valence-electron chi connectivity index (χ4n) is 1.92. The molecular formula is C11H11N7O2. The van der Waals surface area contributed by atoms with E-state index < -0.39 is 5.91 Å². The summed E-state index contributed by atoms with van der Waals surface area (Å²) in [5, 5.41) is 14.5. The Labute approximate surface area is 112 Å². The lowest BCUT2D eigenvalue weighted by Gasteiger charge is -2.02. The van der Waals surface area contributed by atoms with Crippen molar-refractivity contribution in [3.63, 3.8) is 0 Å². The molecule has 3 aromatic heterocycles. The number of carbonyl (C=O) groups excluding carboxylic acids is 1. The van der Waals surface area contributed by atoms with Gasteiger partial charge in [0, 0.05) is 12.4 Å². The molecule has 102 valence electrons. The van der Waals surface area contributed by atoms with Crippen LogP contribution in [0.2, 0.25) is 0 Å². The minimum Gasteiger partial charge on any atom is -0.379 e. The third-order valence-electron chi connectivity index (χ3n) is 2.85. The number of nitrogens with zero attached hydrogens (tertiary/aromatic N) is 5. The molecule has 0 aliphatic heterocycles. The predicted octanol–water partition coefficient (Wildman–Crippen LogP) is 0.494. The molecule has 0 spiro atoms. The normalized spacial score (nSPS) is 10.9. The third kappa shape index (κ3) is 1.85. The van der Waals surface area contributed by atoms with Crippen LogP contribution < -0.4 is 11.1 Å². The highest BCUT2D eigenvalue weighted by Crippen LogP contribution is 2.19. The summed E-state index contributed by atoms with van der Waals surface area (Å²) in [6, 6.07) is 1.78. The van der Waals surface area contributed by atoms with Gasteiger partial charge in [0.1, 0.15) is 0 Å². The van der Waals surface area contributed by atoms with Crippen LogP contribution in [0.4, 0.5) is 11.5 Å². The summed E-state index contributed by atoms with van der Waals surface area (Å²) in [4.78, 5) is 16.2. The Morgan fingerprint density at radius 2 is 2.25 bits per heavy atom. The van der Waals surface area contributed by atoms with Gasteiger partial charge in [0.25, 0.3) is 5.91 Å². The van der Waals surface area contributed by atoms with Crippen LogP contribution in [0, 0.1) is 6.92 Å². The SMILES string of the molecule is Cc1nn(C)c2ncc(NC(=O)c3nonc3N)cc12. The molecule has 0 fully saturated rings. The van der Waals surface area contributed by atoms with Gasteiger partial charge in [0.05, 0.1) is 17.6 Å². The number of aryl methyl sites for hydroxylation is 2. The van der Waals surface area contributed by atoms with E-state index in [9.17, 15) is 4.79 Å². The zero-order valence-corrected chi connectivity index (χ0v) is 10.8. The van der Waals surface area contributed by atoms with Gasteiger partial charge in [-0.05, 0) is 23.3 Å². The van der Waals surface area contributed by atoms with Crippen molar-refractivity contribution in [3.05, 3.63) is 23.7 Å². The highest BCUT2D eigenvalue weighted by atomic mass is 16.6. The molecule has 3 heterocycles. The molecule has 9 nitrogen and oxygen atoms in total. The molecular weight excluding hydrogens is 262 g/mol. The van der Waals surface area contributed by atoms with Crippen molar-refractivity contribution >= 4 is 28.4 Å². The van der Waals surface area contributed by atoms with Crippen molar-refractivity contribution in [1.82, 2.24) is 25.1 Å². The number of hydrogen-bond donors (Lipinski definition) is 2. The quantitative estimate of drug-likeness (QED) is 0.696. The summed E-state index contributed by atoms with van der Waals surface area (Å²) in [7, 11) is 1.81. The molecule has 0 radical (unpaired) electrons. The van der Waals surface area contributed by atoms with Gasteiger partial charge in [-0.15, -0.1) is 0 Å². The largest absolute Gasteiger partial charge is 0.379 e. The van der Waals surface area contributed by atoms with Crippen LogP contribution in [-0.4, -0.2) is 31.0 Å². The van der Waals surface area contributed by atoms with Crippen LogP contribution in [0.25, 0.3) is 11.0 Å². The first-order chi connectivity index (χ1) is 9.56. The van der Waals surface area contributed by atoms with Crippen molar-refractivity contribution in [1.29, 1.82) is 0 Å². The van der Waals surface area contributed by atoms with Crippen LogP contribution in [-0.2, 0) is 7.05 Å². The van der Waals surface area contributed by atoms with E-state index in [1.807, 2.05) is 14.0 Å². The summed E-state index contributed by atoms with van der Waals surface area (Å²) in [6.45, 7) is 1.87. The Morgan fingerprint density at radius 1 is 1.45 bits per heavy atom. The highest BCUT2D eigenvalue weighted by molar-refractivity contribution is 6.06. The Bertz CT molecular complexity index is 804. The molecule has 3 N–H and O–H groups in total. The van der Waals surface area contributed by atoms with Crippen molar-refractivity contribution in [2.24, 2.45) is 7.05 Å². The van der Waals surface area contributed by atoms with Crippen molar-refractivity contribution < 1.29 is 9.42 Å². The van der Waals surface area contributed by atoms with Crippen LogP contribution in [0.3, 0.4) is 0 Å². The fourth-order valence-corrected chi connectivity index (χ4v) is 1.92. The molecule has 0 aliphatic rings. The monoisotopic (exact) mass is 273 g/mol. The Hall–Kier alpha value is -2.97. The molecule has 3 aromatic rings. The number of aromatic nitrogens is 5. The third-order valence-corrected chi connectivity index (χ3v) is 2.85. The standard InChI is InChI=1S/C11H11N7O2/c1-5-7-3-6(4-13-10(7)18(2)15-5)14-11(19)8-9(12)17-20-16-8/h3-4H,1-2H3,(H2,12,17)(H,14,19). The van der Waals surface area contributed by atoms with E-state index in [-0.39, 0.29) is 11.5 Å². The maximum Gasteiger partial charge on any atom is 0.281 e. The molecule has 3 rings (SSSR count). The maximum atomic E-state index is 11.9. The summed E-state index contributed by atoms with van der Waals surface area (Å²) in [5.74, 6) is -0.569. The molecule has 0 saturated heterocycles. The molecule has 0 aromatic carbocycles. The summed E-state index contributed by atoms with van der Waals surface area (Å²) in [5.41, 5.74) is 7.48. The first kappa shape index (κ1) is 12.1. The van der Waals surface area contributed by atoms with Crippen molar-refractivity contribution in [3.8, 4) is 0 Å². The topological polar surface area (TPSA) is 125 Å². The number of anilines is 2. The van der Waals surface area contributed by atoms with Gasteiger partial charge in [0.15, 0.2) is 5.65 Å². The van der Waals surface area contributed by atoms with Gasteiger partial charge in [0.2, 0.25) is 11.5 Å². The van der Waals surface area contributed by atoms with E-state index in [4.69, 9.17) is 5.73 Å². The molecule has 0 bridgehead atoms. The van der Waals surface area contributed by atoms with Gasteiger partial charge < -0.3 is 11.1 Å². The Balaban J connectivity index is 1.93. The number of hydrogen-bond acceptors (Lipinski definition) is 7. The summed E-state index contributed by atoms with van der Waals surface area (Å²) < 4.78 is 6.06. The number of carbonyl (C=O) groups is 1. The number of amides is 1. The van der Waals surface area contributed by atoms with Crippen LogP contribution in [0.1, 0.15) is 16.2 Å². The Kier molecular flexibility index (Phi) is 2.60. The number of fused-ring (bicyclic) bond motifs is 1. The molecule has 1 amide bonds. The molecule has 9 heteroatoms. The van der Waals surface area contributed by atoms with Gasteiger partial charge in [-0.2, -0.15) is 5.10 Å². The van der Waals surface area contributed by atoms with E-state index in [1.54, 1.807) is 10.7 Å². The molecule has 0 saturated carbocycles. The van der Waals surface area contributed by atoms with Crippen LogP contribution in [0.5, 0.6) is 0 Å². The van der Waals surface area contributed by atoms with E-state index in [1.165, 1.54) is 6.20 Å². The van der Waals surface area contributed by atoms with Gasteiger partial charge in [-0.1, -0.05) is 0 Å². The number of pyridine rings is 1. The second-order valence-corrected chi connectivity index (χ2v) is 4.26. The lowest BCUT2D eigenvalue weighted by molar-refractivity contribution is 0.101. The number of nitrogen functional groups attached to an aromatic ring is 1. The minimum atomic E-state index is -0.508. The van der Waals surface area contributed by atoms with E-state index in [0.717, 1.165) is 16.7 Å². The molecule has 0 aliphatic carbocycles. The summed E-state index contributed by atoms with van der Waals surface area (Å²) in [6.07, 6.45) is 1.53. The number of nitrogens with one attached hydrogen (secondary N) is 1. The predicted molar refractivity (Wildman–Crippen MR) is 69.9 cm³/mol. The average Bonchev–Trinajstić information content (AvgIpc) is 2.95.